The Hall–Kier alpha value is -2.95. The second-order valence-corrected chi connectivity index (χ2v) is 5.06. The number of nitrogens with two attached hydrogens (primary N) is 1. The highest BCUT2D eigenvalue weighted by molar-refractivity contribution is 5.89. The number of carbonyl (C=O) groups is 1. The van der Waals surface area contributed by atoms with Gasteiger partial charge in [-0.1, -0.05) is 30.3 Å². The Morgan fingerprint density at radius 1 is 1.10 bits per heavy atom. The van der Waals surface area contributed by atoms with Gasteiger partial charge >= 0.3 is 0 Å². The molecule has 1 aromatic heterocycles. The molecule has 0 aliphatic heterocycles. The molecule has 0 spiro atoms. The molecule has 0 radical (unpaired) electrons. The molecule has 1 aliphatic rings. The van der Waals surface area contributed by atoms with E-state index in [1.165, 1.54) is 28.6 Å². The molecule has 0 saturated carbocycles. The first-order valence-electron chi connectivity index (χ1n) is 6.65. The molecule has 1 aliphatic carbocycles. The fourth-order valence-electron chi connectivity index (χ4n) is 2.85. The number of hydrogen-bond acceptors (Lipinski definition) is 3. The van der Waals surface area contributed by atoms with Crippen molar-refractivity contribution in [2.24, 2.45) is 5.73 Å². The van der Waals surface area contributed by atoms with E-state index in [2.05, 4.69) is 40.5 Å². The van der Waals surface area contributed by atoms with Crippen LogP contribution in [0.2, 0.25) is 0 Å². The highest BCUT2D eigenvalue weighted by Gasteiger charge is 2.19. The van der Waals surface area contributed by atoms with E-state index in [9.17, 15) is 4.79 Å². The van der Waals surface area contributed by atoms with Crippen LogP contribution in [0.5, 0.6) is 0 Å². The third-order valence-electron chi connectivity index (χ3n) is 3.83. The summed E-state index contributed by atoms with van der Waals surface area (Å²) in [5.74, 6) is -0.449. The predicted octanol–water partition coefficient (Wildman–Crippen LogP) is 1.94. The molecule has 0 unspecified atom stereocenters. The fourth-order valence-corrected chi connectivity index (χ4v) is 2.85. The molecular weight excluding hydrogens is 264 g/mol. The molecule has 3 aromatic rings. The maximum atomic E-state index is 11.4. The van der Waals surface area contributed by atoms with Crippen LogP contribution in [0.15, 0.2) is 48.8 Å². The van der Waals surface area contributed by atoms with Gasteiger partial charge in [-0.15, -0.1) is 10.2 Å². The molecule has 5 nitrogen and oxygen atoms in total. The zero-order chi connectivity index (χ0) is 14.4. The van der Waals surface area contributed by atoms with Gasteiger partial charge in [0, 0.05) is 5.69 Å². The van der Waals surface area contributed by atoms with Crippen molar-refractivity contribution >= 4 is 5.91 Å². The van der Waals surface area contributed by atoms with Crippen molar-refractivity contribution in [1.29, 1.82) is 0 Å². The van der Waals surface area contributed by atoms with E-state index in [0.717, 1.165) is 12.1 Å². The Balaban J connectivity index is 1.88. The molecule has 21 heavy (non-hydrogen) atoms. The Kier molecular flexibility index (Phi) is 2.41. The minimum absolute atomic E-state index is 0.140. The monoisotopic (exact) mass is 276 g/mol. The van der Waals surface area contributed by atoms with Crippen LogP contribution in [0.4, 0.5) is 0 Å². The topological polar surface area (TPSA) is 73.8 Å². The molecule has 1 heterocycles. The number of nitrogens with zero attached hydrogens (tertiary/aromatic N) is 3. The molecule has 2 N–H and O–H groups in total. The van der Waals surface area contributed by atoms with Gasteiger partial charge < -0.3 is 5.73 Å². The Bertz CT molecular complexity index is 866. The smallest absolute Gasteiger partial charge is 0.287 e. The minimum atomic E-state index is -0.589. The molecule has 0 bridgehead atoms. The number of hydrogen-bond donors (Lipinski definition) is 1. The van der Waals surface area contributed by atoms with E-state index in [-0.39, 0.29) is 5.82 Å². The van der Waals surface area contributed by atoms with Crippen LogP contribution in [-0.2, 0) is 6.42 Å². The van der Waals surface area contributed by atoms with Crippen molar-refractivity contribution in [1.82, 2.24) is 14.8 Å². The number of benzene rings is 2. The van der Waals surface area contributed by atoms with Gasteiger partial charge in [0.2, 0.25) is 5.82 Å². The summed E-state index contributed by atoms with van der Waals surface area (Å²) in [6.45, 7) is 0. The number of primary amides is 1. The molecule has 5 heteroatoms. The van der Waals surface area contributed by atoms with Crippen molar-refractivity contribution in [3.63, 3.8) is 0 Å². The average molecular weight is 276 g/mol. The van der Waals surface area contributed by atoms with Gasteiger partial charge in [-0.25, -0.2) is 0 Å². The lowest BCUT2D eigenvalue weighted by Gasteiger charge is -2.07. The molecule has 0 saturated heterocycles. The van der Waals surface area contributed by atoms with Crippen LogP contribution in [0.3, 0.4) is 0 Å². The van der Waals surface area contributed by atoms with Gasteiger partial charge in [0.05, 0.1) is 0 Å². The Morgan fingerprint density at radius 3 is 2.76 bits per heavy atom. The number of aromatic nitrogens is 3. The normalized spacial score (nSPS) is 12.0. The lowest BCUT2D eigenvalue weighted by molar-refractivity contribution is 0.0988. The van der Waals surface area contributed by atoms with Gasteiger partial charge in [0.15, 0.2) is 0 Å². The summed E-state index contributed by atoms with van der Waals surface area (Å²) in [4.78, 5) is 11.4. The highest BCUT2D eigenvalue weighted by Crippen LogP contribution is 2.37. The summed E-state index contributed by atoms with van der Waals surface area (Å²) in [6, 6.07) is 14.4. The number of rotatable bonds is 2. The maximum absolute atomic E-state index is 11.4. The first kappa shape index (κ1) is 11.8. The molecule has 4 rings (SSSR count). The molecule has 0 atom stereocenters. The van der Waals surface area contributed by atoms with Crippen molar-refractivity contribution in [2.75, 3.05) is 0 Å². The minimum Gasteiger partial charge on any atom is -0.363 e. The maximum Gasteiger partial charge on any atom is 0.287 e. The summed E-state index contributed by atoms with van der Waals surface area (Å²) in [6.07, 6.45) is 2.44. The van der Waals surface area contributed by atoms with E-state index >= 15 is 0 Å². The number of carbonyl (C=O) groups excluding carboxylic acids is 1. The SMILES string of the molecule is NC(=O)c1nncn1-c1ccc2c(c1)-c1ccccc1C2. The highest BCUT2D eigenvalue weighted by atomic mass is 16.1. The zero-order valence-electron chi connectivity index (χ0n) is 11.2. The van der Waals surface area contributed by atoms with Crippen molar-refractivity contribution < 1.29 is 4.79 Å². The molecule has 1 amide bonds. The van der Waals surface area contributed by atoms with Gasteiger partial charge in [-0.05, 0) is 40.8 Å². The molecule has 2 aromatic carbocycles. The van der Waals surface area contributed by atoms with Gasteiger partial charge in [-0.3, -0.25) is 9.36 Å². The molecule has 102 valence electrons. The first-order chi connectivity index (χ1) is 10.2. The second-order valence-electron chi connectivity index (χ2n) is 5.06. The first-order valence-corrected chi connectivity index (χ1v) is 6.65. The van der Waals surface area contributed by atoms with Gasteiger partial charge in [0.1, 0.15) is 6.33 Å². The third-order valence-corrected chi connectivity index (χ3v) is 3.83. The van der Waals surface area contributed by atoms with Gasteiger partial charge in [0.25, 0.3) is 5.91 Å². The van der Waals surface area contributed by atoms with E-state index < -0.39 is 5.91 Å². The van der Waals surface area contributed by atoms with Crippen LogP contribution in [-0.4, -0.2) is 20.7 Å². The average Bonchev–Trinajstić information content (AvgIpc) is 3.11. The predicted molar refractivity (Wildman–Crippen MR) is 78.1 cm³/mol. The summed E-state index contributed by atoms with van der Waals surface area (Å²) in [7, 11) is 0. The van der Waals surface area contributed by atoms with Crippen LogP contribution in [0.25, 0.3) is 16.8 Å². The lowest BCUT2D eigenvalue weighted by Crippen LogP contribution is -2.17. The summed E-state index contributed by atoms with van der Waals surface area (Å²) < 4.78 is 1.61. The number of amides is 1. The largest absolute Gasteiger partial charge is 0.363 e. The summed E-state index contributed by atoms with van der Waals surface area (Å²) in [5, 5.41) is 7.54. The standard InChI is InChI=1S/C16H12N4O/c17-15(21)16-19-18-9-20(16)12-6-5-11-7-10-3-1-2-4-13(10)14(11)8-12/h1-6,8-9H,7H2,(H2,17,21). The lowest BCUT2D eigenvalue weighted by atomic mass is 10.1. The van der Waals surface area contributed by atoms with Crippen LogP contribution in [0.1, 0.15) is 21.7 Å². The Morgan fingerprint density at radius 2 is 1.90 bits per heavy atom. The van der Waals surface area contributed by atoms with Crippen molar-refractivity contribution in [2.45, 2.75) is 6.42 Å². The molecule has 0 fully saturated rings. The second kappa shape index (κ2) is 4.28. The van der Waals surface area contributed by atoms with Gasteiger partial charge in [-0.2, -0.15) is 0 Å². The quantitative estimate of drug-likeness (QED) is 0.608. The van der Waals surface area contributed by atoms with E-state index in [1.807, 2.05) is 12.1 Å². The van der Waals surface area contributed by atoms with E-state index in [1.54, 1.807) is 4.57 Å². The third kappa shape index (κ3) is 1.74. The van der Waals surface area contributed by atoms with Crippen LogP contribution in [0, 0.1) is 0 Å². The zero-order valence-corrected chi connectivity index (χ0v) is 11.2. The molecular formula is C16H12N4O. The van der Waals surface area contributed by atoms with Crippen LogP contribution >= 0.6 is 0 Å². The number of fused-ring (bicyclic) bond motifs is 3. The summed E-state index contributed by atoms with van der Waals surface area (Å²) in [5.41, 5.74) is 11.2. The fraction of sp³-hybridized carbons (Fsp3) is 0.0625. The van der Waals surface area contributed by atoms with Crippen molar-refractivity contribution in [3.05, 3.63) is 65.7 Å². The van der Waals surface area contributed by atoms with E-state index in [4.69, 9.17) is 5.73 Å². The van der Waals surface area contributed by atoms with Crippen molar-refractivity contribution in [3.8, 4) is 16.8 Å². The van der Waals surface area contributed by atoms with E-state index in [0.29, 0.717) is 0 Å². The Labute approximate surface area is 121 Å². The summed E-state index contributed by atoms with van der Waals surface area (Å²) >= 11 is 0. The van der Waals surface area contributed by atoms with Crippen LogP contribution < -0.4 is 5.73 Å².